The zero-order valence-corrected chi connectivity index (χ0v) is 14.5. The van der Waals surface area contributed by atoms with E-state index in [0.29, 0.717) is 20.4 Å². The van der Waals surface area contributed by atoms with Gasteiger partial charge in [0.2, 0.25) is 0 Å². The van der Waals surface area contributed by atoms with Crippen LogP contribution in [0.25, 0.3) is 0 Å². The van der Waals surface area contributed by atoms with E-state index in [4.69, 9.17) is 15.6 Å². The fraction of sp³-hybridized carbons (Fsp3) is 0.133. The molecule has 116 valence electrons. The van der Waals surface area contributed by atoms with E-state index in [0.717, 1.165) is 5.56 Å². The molecule has 0 heterocycles. The van der Waals surface area contributed by atoms with Crippen LogP contribution in [0.2, 0.25) is 0 Å². The minimum atomic E-state index is -1.04. The Kier molecular flexibility index (Phi) is 5.44. The van der Waals surface area contributed by atoms with Crippen molar-refractivity contribution in [2.75, 3.05) is 0 Å². The van der Waals surface area contributed by atoms with Crippen molar-refractivity contribution in [3.05, 3.63) is 50.9 Å². The maximum atomic E-state index is 10.8. The molecule has 0 aliphatic heterocycles. The SMILES string of the molecule is N[C@H](Cc1cc(Br)c(Oc2ccc(O)cc2)c(Br)c1)C(=O)O. The van der Waals surface area contributed by atoms with Crippen molar-refractivity contribution in [1.82, 2.24) is 0 Å². The third-order valence-electron chi connectivity index (χ3n) is 2.89. The zero-order chi connectivity index (χ0) is 16.3. The number of rotatable bonds is 5. The van der Waals surface area contributed by atoms with Crippen LogP contribution < -0.4 is 10.5 Å². The van der Waals surface area contributed by atoms with E-state index in [9.17, 15) is 9.90 Å². The number of carbonyl (C=O) groups is 1. The van der Waals surface area contributed by atoms with Crippen LogP contribution in [0.3, 0.4) is 0 Å². The highest BCUT2D eigenvalue weighted by atomic mass is 79.9. The van der Waals surface area contributed by atoms with Gasteiger partial charge in [-0.1, -0.05) is 0 Å². The van der Waals surface area contributed by atoms with Crippen LogP contribution in [0.5, 0.6) is 17.2 Å². The van der Waals surface area contributed by atoms with Crippen LogP contribution in [0.4, 0.5) is 0 Å². The summed E-state index contributed by atoms with van der Waals surface area (Å²) in [5.74, 6) is 0.229. The molecule has 4 N–H and O–H groups in total. The number of hydrogen-bond donors (Lipinski definition) is 3. The summed E-state index contributed by atoms with van der Waals surface area (Å²) in [5.41, 5.74) is 6.31. The molecular weight excluding hydrogens is 418 g/mol. The smallest absolute Gasteiger partial charge is 0.320 e. The number of phenols is 1. The van der Waals surface area contributed by atoms with Crippen molar-refractivity contribution in [2.24, 2.45) is 5.73 Å². The molecule has 5 nitrogen and oxygen atoms in total. The molecule has 0 saturated carbocycles. The fourth-order valence-corrected chi connectivity index (χ4v) is 3.24. The highest BCUT2D eigenvalue weighted by molar-refractivity contribution is 9.11. The number of hydrogen-bond acceptors (Lipinski definition) is 4. The Balaban J connectivity index is 2.23. The number of ether oxygens (including phenoxy) is 1. The number of carboxylic acid groups (broad SMARTS) is 1. The Morgan fingerprint density at radius 2 is 1.73 bits per heavy atom. The molecule has 0 spiro atoms. The van der Waals surface area contributed by atoms with E-state index in [2.05, 4.69) is 31.9 Å². The molecule has 22 heavy (non-hydrogen) atoms. The van der Waals surface area contributed by atoms with Gasteiger partial charge < -0.3 is 20.7 Å². The highest BCUT2D eigenvalue weighted by Gasteiger charge is 2.15. The summed E-state index contributed by atoms with van der Waals surface area (Å²) in [7, 11) is 0. The molecule has 0 aliphatic rings. The van der Waals surface area contributed by atoms with Crippen LogP contribution >= 0.6 is 31.9 Å². The number of benzene rings is 2. The van der Waals surface area contributed by atoms with Crippen molar-refractivity contribution < 1.29 is 19.7 Å². The second kappa shape index (κ2) is 7.13. The minimum Gasteiger partial charge on any atom is -0.508 e. The molecule has 2 aromatic carbocycles. The summed E-state index contributed by atoms with van der Waals surface area (Å²) in [6, 6.07) is 8.91. The molecule has 2 rings (SSSR count). The Bertz CT molecular complexity index is 665. The maximum absolute atomic E-state index is 10.8. The monoisotopic (exact) mass is 429 g/mol. The minimum absolute atomic E-state index is 0.156. The molecule has 2 aromatic rings. The van der Waals surface area contributed by atoms with Crippen molar-refractivity contribution in [3.8, 4) is 17.2 Å². The molecule has 0 saturated heterocycles. The molecule has 0 unspecified atom stereocenters. The van der Waals surface area contributed by atoms with E-state index >= 15 is 0 Å². The van der Waals surface area contributed by atoms with Crippen LogP contribution in [-0.2, 0) is 11.2 Å². The van der Waals surface area contributed by atoms with Gasteiger partial charge in [-0.2, -0.15) is 0 Å². The zero-order valence-electron chi connectivity index (χ0n) is 11.3. The van der Waals surface area contributed by atoms with Gasteiger partial charge in [-0.3, -0.25) is 4.79 Å². The lowest BCUT2D eigenvalue weighted by Crippen LogP contribution is -2.32. The topological polar surface area (TPSA) is 92.8 Å². The first-order valence-electron chi connectivity index (χ1n) is 6.30. The van der Waals surface area contributed by atoms with Gasteiger partial charge in [0, 0.05) is 0 Å². The Morgan fingerprint density at radius 1 is 1.18 bits per heavy atom. The van der Waals surface area contributed by atoms with Gasteiger partial charge in [0.25, 0.3) is 0 Å². The second-order valence-corrected chi connectivity index (χ2v) is 6.34. The lowest BCUT2D eigenvalue weighted by atomic mass is 10.1. The standard InChI is InChI=1S/C15H13Br2NO4/c16-11-5-8(7-13(18)15(20)21)6-12(17)14(11)22-10-3-1-9(19)2-4-10/h1-6,13,19H,7,18H2,(H,20,21)/t13-/m1/s1. The summed E-state index contributed by atoms with van der Waals surface area (Å²) >= 11 is 6.81. The molecule has 0 fully saturated rings. The summed E-state index contributed by atoms with van der Waals surface area (Å²) < 4.78 is 7.09. The van der Waals surface area contributed by atoms with Crippen molar-refractivity contribution in [1.29, 1.82) is 0 Å². The first-order chi connectivity index (χ1) is 10.4. The van der Waals surface area contributed by atoms with Crippen molar-refractivity contribution in [3.63, 3.8) is 0 Å². The van der Waals surface area contributed by atoms with Gasteiger partial charge >= 0.3 is 5.97 Å². The highest BCUT2D eigenvalue weighted by Crippen LogP contribution is 2.38. The van der Waals surface area contributed by atoms with E-state index in [1.54, 1.807) is 24.3 Å². The fourth-order valence-electron chi connectivity index (χ4n) is 1.80. The van der Waals surface area contributed by atoms with Gasteiger partial charge in [-0.25, -0.2) is 0 Å². The summed E-state index contributed by atoms with van der Waals surface area (Å²) in [6.07, 6.45) is 0.214. The van der Waals surface area contributed by atoms with Gasteiger partial charge in [-0.15, -0.1) is 0 Å². The average Bonchev–Trinajstić information content (AvgIpc) is 2.44. The Morgan fingerprint density at radius 3 is 2.23 bits per heavy atom. The van der Waals surface area contributed by atoms with Crippen LogP contribution in [0, 0.1) is 0 Å². The van der Waals surface area contributed by atoms with E-state index in [-0.39, 0.29) is 12.2 Å². The number of phenolic OH excluding ortho intramolecular Hbond substituents is 1. The third-order valence-corrected chi connectivity index (χ3v) is 4.07. The third kappa shape index (κ3) is 4.22. The molecule has 0 radical (unpaired) electrons. The Labute approximate surface area is 144 Å². The first-order valence-corrected chi connectivity index (χ1v) is 7.88. The van der Waals surface area contributed by atoms with Gasteiger partial charge in [0.05, 0.1) is 8.95 Å². The predicted molar refractivity (Wildman–Crippen MR) is 89.3 cm³/mol. The first kappa shape index (κ1) is 16.8. The molecule has 0 aliphatic carbocycles. The largest absolute Gasteiger partial charge is 0.508 e. The van der Waals surface area contributed by atoms with E-state index in [1.165, 1.54) is 12.1 Å². The van der Waals surface area contributed by atoms with Crippen molar-refractivity contribution >= 4 is 37.8 Å². The maximum Gasteiger partial charge on any atom is 0.320 e. The van der Waals surface area contributed by atoms with Crippen LogP contribution in [0.15, 0.2) is 45.3 Å². The van der Waals surface area contributed by atoms with Crippen LogP contribution in [0.1, 0.15) is 5.56 Å². The average molecular weight is 431 g/mol. The lowest BCUT2D eigenvalue weighted by Gasteiger charge is -2.13. The van der Waals surface area contributed by atoms with Crippen LogP contribution in [-0.4, -0.2) is 22.2 Å². The molecule has 0 amide bonds. The lowest BCUT2D eigenvalue weighted by molar-refractivity contribution is -0.138. The van der Waals surface area contributed by atoms with Gasteiger partial charge in [-0.05, 0) is 80.2 Å². The predicted octanol–water partition coefficient (Wildman–Crippen LogP) is 3.66. The summed E-state index contributed by atoms with van der Waals surface area (Å²) in [5, 5.41) is 18.1. The number of halogens is 2. The number of nitrogens with two attached hydrogens (primary N) is 1. The number of aliphatic carboxylic acids is 1. The molecule has 0 bridgehead atoms. The summed E-state index contributed by atoms with van der Waals surface area (Å²) in [4.78, 5) is 10.8. The summed E-state index contributed by atoms with van der Waals surface area (Å²) in [6.45, 7) is 0. The van der Waals surface area contributed by atoms with Gasteiger partial charge in [0.1, 0.15) is 17.5 Å². The molecule has 0 aromatic heterocycles. The van der Waals surface area contributed by atoms with Gasteiger partial charge in [0.15, 0.2) is 5.75 Å². The molecule has 7 heteroatoms. The molecular formula is C15H13Br2NO4. The van der Waals surface area contributed by atoms with Crippen molar-refractivity contribution in [2.45, 2.75) is 12.5 Å². The quantitative estimate of drug-likeness (QED) is 0.672. The Hall–Kier alpha value is -1.57. The molecule has 1 atom stereocenters. The normalized spacial score (nSPS) is 12.0. The van der Waals surface area contributed by atoms with E-state index in [1.807, 2.05) is 0 Å². The van der Waals surface area contributed by atoms with E-state index < -0.39 is 12.0 Å². The number of aromatic hydroxyl groups is 1. The second-order valence-electron chi connectivity index (χ2n) is 4.63. The number of carboxylic acids is 1.